The van der Waals surface area contributed by atoms with Gasteiger partial charge in [0.1, 0.15) is 0 Å². The average molecular weight is 340 g/mol. The number of carbonyl (C=O) groups excluding carboxylic acids is 1. The van der Waals surface area contributed by atoms with Gasteiger partial charge in [0.25, 0.3) is 0 Å². The molecule has 2 heterocycles. The minimum atomic E-state index is -3.25. The Balaban J connectivity index is 1.97. The van der Waals surface area contributed by atoms with Gasteiger partial charge in [0.05, 0.1) is 12.3 Å². The van der Waals surface area contributed by atoms with Gasteiger partial charge in [0.15, 0.2) is 0 Å². The number of hydrogen-bond acceptors (Lipinski definition) is 4. The lowest BCUT2D eigenvalue weighted by Crippen LogP contribution is -2.53. The molecule has 0 aliphatic carbocycles. The highest BCUT2D eigenvalue weighted by atomic mass is 32.2. The second kappa shape index (κ2) is 7.74. The first-order chi connectivity index (χ1) is 10.9. The fraction of sp³-hybridized carbons (Fsp3) is 0.600. The van der Waals surface area contributed by atoms with E-state index in [9.17, 15) is 13.2 Å². The number of pyridine rings is 1. The van der Waals surface area contributed by atoms with Crippen molar-refractivity contribution in [2.75, 3.05) is 19.3 Å². The average Bonchev–Trinajstić information content (AvgIpc) is 2.53. The van der Waals surface area contributed by atoms with E-state index in [1.165, 1.54) is 0 Å². The van der Waals surface area contributed by atoms with Crippen molar-refractivity contribution in [1.29, 1.82) is 0 Å². The molecule has 1 aromatic rings. The van der Waals surface area contributed by atoms with E-state index < -0.39 is 10.0 Å². The highest BCUT2D eigenvalue weighted by Gasteiger charge is 2.28. The lowest BCUT2D eigenvalue weighted by Gasteiger charge is -2.36. The van der Waals surface area contributed by atoms with E-state index in [4.69, 9.17) is 0 Å². The Labute approximate surface area is 137 Å². The molecule has 2 atom stereocenters. The molecule has 1 saturated heterocycles. The molecule has 1 aliphatic heterocycles. The van der Waals surface area contributed by atoms with Crippen LogP contribution in [0.25, 0.3) is 0 Å². The lowest BCUT2D eigenvalue weighted by molar-refractivity contribution is 0.149. The molecular formula is C15H24N4O3S. The quantitative estimate of drug-likeness (QED) is 0.844. The van der Waals surface area contributed by atoms with Crippen molar-refractivity contribution in [2.24, 2.45) is 0 Å². The largest absolute Gasteiger partial charge is 0.331 e. The van der Waals surface area contributed by atoms with E-state index in [1.807, 2.05) is 19.1 Å². The molecule has 7 nitrogen and oxygen atoms in total. The van der Waals surface area contributed by atoms with Crippen LogP contribution in [-0.4, -0.2) is 49.7 Å². The zero-order valence-corrected chi connectivity index (χ0v) is 14.3. The number of rotatable bonds is 5. The Bertz CT molecular complexity index is 621. The molecule has 128 valence electrons. The summed E-state index contributed by atoms with van der Waals surface area (Å²) in [5.41, 5.74) is 0.983. The fourth-order valence-electron chi connectivity index (χ4n) is 2.73. The minimum absolute atomic E-state index is 0.108. The summed E-state index contributed by atoms with van der Waals surface area (Å²) in [6.07, 6.45) is 7.26. The Hall–Kier alpha value is -1.67. The molecule has 2 amide bonds. The molecular weight excluding hydrogens is 316 g/mol. The number of hydrogen-bond donors (Lipinski definition) is 2. The Morgan fingerprint density at radius 2 is 2.09 bits per heavy atom. The van der Waals surface area contributed by atoms with Crippen LogP contribution in [0.15, 0.2) is 24.5 Å². The number of aromatic nitrogens is 1. The molecule has 0 unspecified atom stereocenters. The topological polar surface area (TPSA) is 91.4 Å². The molecule has 1 fully saturated rings. The van der Waals surface area contributed by atoms with E-state index in [1.54, 1.807) is 17.3 Å². The summed E-state index contributed by atoms with van der Waals surface area (Å²) >= 11 is 0. The second-order valence-corrected chi connectivity index (χ2v) is 7.75. The first kappa shape index (κ1) is 17.7. The third-order valence-electron chi connectivity index (χ3n) is 4.02. The summed E-state index contributed by atoms with van der Waals surface area (Å²) < 4.78 is 25.1. The predicted octanol–water partition coefficient (Wildman–Crippen LogP) is 1.26. The molecule has 1 aromatic heterocycles. The number of piperidine rings is 1. The van der Waals surface area contributed by atoms with Gasteiger partial charge in [-0.2, -0.15) is 0 Å². The second-order valence-electron chi connectivity index (χ2n) is 5.92. The molecule has 0 bridgehead atoms. The van der Waals surface area contributed by atoms with Crippen molar-refractivity contribution in [3.8, 4) is 0 Å². The van der Waals surface area contributed by atoms with Crippen LogP contribution in [0.4, 0.5) is 4.79 Å². The molecule has 0 radical (unpaired) electrons. The van der Waals surface area contributed by atoms with Gasteiger partial charge < -0.3 is 10.2 Å². The highest BCUT2D eigenvalue weighted by molar-refractivity contribution is 7.88. The first-order valence-electron chi connectivity index (χ1n) is 7.78. The Morgan fingerprint density at radius 3 is 2.74 bits per heavy atom. The molecule has 0 saturated carbocycles. The molecule has 0 aromatic carbocycles. The van der Waals surface area contributed by atoms with Crippen LogP contribution in [0.2, 0.25) is 0 Å². The molecule has 2 N–H and O–H groups in total. The summed E-state index contributed by atoms with van der Waals surface area (Å²) in [4.78, 5) is 18.2. The maximum absolute atomic E-state index is 12.5. The van der Waals surface area contributed by atoms with Crippen molar-refractivity contribution in [3.63, 3.8) is 0 Å². The van der Waals surface area contributed by atoms with Crippen LogP contribution in [-0.2, 0) is 10.0 Å². The van der Waals surface area contributed by atoms with Gasteiger partial charge in [-0.15, -0.1) is 0 Å². The molecule has 8 heteroatoms. The van der Waals surface area contributed by atoms with Crippen LogP contribution in [0, 0.1) is 0 Å². The number of likely N-dealkylation sites (tertiary alicyclic amines) is 1. The highest BCUT2D eigenvalue weighted by Crippen LogP contribution is 2.18. The minimum Gasteiger partial charge on any atom is -0.331 e. The van der Waals surface area contributed by atoms with Crippen molar-refractivity contribution < 1.29 is 13.2 Å². The van der Waals surface area contributed by atoms with E-state index >= 15 is 0 Å². The Kier molecular flexibility index (Phi) is 5.95. The summed E-state index contributed by atoms with van der Waals surface area (Å²) in [5, 5.41) is 2.98. The first-order valence-corrected chi connectivity index (χ1v) is 9.67. The molecule has 2 rings (SSSR count). The summed E-state index contributed by atoms with van der Waals surface area (Å²) in [5.74, 6) is 0. The monoisotopic (exact) mass is 340 g/mol. The van der Waals surface area contributed by atoms with Crippen LogP contribution < -0.4 is 10.0 Å². The van der Waals surface area contributed by atoms with Gasteiger partial charge in [-0.1, -0.05) is 0 Å². The number of urea groups is 1. The smallest absolute Gasteiger partial charge is 0.318 e. The fourth-order valence-corrected chi connectivity index (χ4v) is 3.23. The molecule has 0 spiro atoms. The zero-order chi connectivity index (χ0) is 16.9. The van der Waals surface area contributed by atoms with Crippen LogP contribution in [0.1, 0.15) is 37.8 Å². The van der Waals surface area contributed by atoms with Crippen LogP contribution in [0.3, 0.4) is 0 Å². The number of nitrogens with one attached hydrogen (secondary N) is 2. The molecule has 23 heavy (non-hydrogen) atoms. The van der Waals surface area contributed by atoms with Gasteiger partial charge in [0, 0.05) is 31.5 Å². The number of amides is 2. The molecule has 1 aliphatic rings. The summed E-state index contributed by atoms with van der Waals surface area (Å²) in [6, 6.07) is 3.33. The van der Waals surface area contributed by atoms with E-state index in [-0.39, 0.29) is 24.7 Å². The standard InChI is InChI=1S/C15H24N4O3S/c1-12(13-6-8-16-9-7-13)18-15(20)19-10-4-3-5-14(19)11-17-23(2,21)22/h6-9,12,14,17H,3-5,10-11H2,1-2H3,(H,18,20)/t12-,14+/m0/s1. The van der Waals surface area contributed by atoms with Crippen molar-refractivity contribution in [2.45, 2.75) is 38.3 Å². The van der Waals surface area contributed by atoms with E-state index in [2.05, 4.69) is 15.0 Å². The van der Waals surface area contributed by atoms with Gasteiger partial charge in [-0.05, 0) is 43.9 Å². The van der Waals surface area contributed by atoms with Gasteiger partial charge >= 0.3 is 6.03 Å². The van der Waals surface area contributed by atoms with Gasteiger partial charge in [-0.25, -0.2) is 17.9 Å². The summed E-state index contributed by atoms with van der Waals surface area (Å²) in [6.45, 7) is 2.82. The zero-order valence-electron chi connectivity index (χ0n) is 13.5. The normalized spacial score (nSPS) is 20.1. The van der Waals surface area contributed by atoms with Crippen LogP contribution in [0.5, 0.6) is 0 Å². The lowest BCUT2D eigenvalue weighted by atomic mass is 10.0. The Morgan fingerprint density at radius 1 is 1.39 bits per heavy atom. The number of nitrogens with zero attached hydrogens (tertiary/aromatic N) is 2. The van der Waals surface area contributed by atoms with E-state index in [0.717, 1.165) is 31.1 Å². The maximum atomic E-state index is 12.5. The van der Waals surface area contributed by atoms with Crippen molar-refractivity contribution >= 4 is 16.1 Å². The maximum Gasteiger partial charge on any atom is 0.318 e. The van der Waals surface area contributed by atoms with Crippen LogP contribution >= 0.6 is 0 Å². The third-order valence-corrected chi connectivity index (χ3v) is 4.71. The SMILES string of the molecule is C[C@H](NC(=O)N1CCCC[C@@H]1CNS(C)(=O)=O)c1ccncc1. The van der Waals surface area contributed by atoms with Crippen molar-refractivity contribution in [1.82, 2.24) is 19.9 Å². The van der Waals surface area contributed by atoms with E-state index in [0.29, 0.717) is 6.54 Å². The van der Waals surface area contributed by atoms with Gasteiger partial charge in [0.2, 0.25) is 10.0 Å². The van der Waals surface area contributed by atoms with Crippen molar-refractivity contribution in [3.05, 3.63) is 30.1 Å². The predicted molar refractivity (Wildman–Crippen MR) is 88.4 cm³/mol. The van der Waals surface area contributed by atoms with Gasteiger partial charge in [-0.3, -0.25) is 4.98 Å². The summed E-state index contributed by atoms with van der Waals surface area (Å²) in [7, 11) is -3.25. The number of carbonyl (C=O) groups is 1. The number of sulfonamides is 1. The third kappa shape index (κ3) is 5.47.